The normalized spacial score (nSPS) is 13.4. The van der Waals surface area contributed by atoms with E-state index in [4.69, 9.17) is 0 Å². The third kappa shape index (κ3) is 6.16. The first-order valence-corrected chi connectivity index (χ1v) is 6.99. The van der Waals surface area contributed by atoms with E-state index in [1.165, 1.54) is 51.4 Å². The first-order chi connectivity index (χ1) is 7.58. The largest absolute Gasteiger partial charge is 0.198 e. The van der Waals surface area contributed by atoms with Crippen LogP contribution in [0.5, 0.6) is 0 Å². The van der Waals surface area contributed by atoms with E-state index < -0.39 is 0 Å². The average Bonchev–Trinajstić information content (AvgIpc) is 2.28. The smallest absolute Gasteiger partial charge is 0.0686 e. The van der Waals surface area contributed by atoms with Gasteiger partial charge in [0.15, 0.2) is 0 Å². The van der Waals surface area contributed by atoms with Gasteiger partial charge in [0.2, 0.25) is 0 Å². The zero-order chi connectivity index (χ0) is 12.4. The molecule has 94 valence electrons. The van der Waals surface area contributed by atoms with Crippen LogP contribution in [0.4, 0.5) is 0 Å². The highest BCUT2D eigenvalue weighted by molar-refractivity contribution is 4.96. The lowest BCUT2D eigenvalue weighted by atomic mass is 9.74. The predicted molar refractivity (Wildman–Crippen MR) is 71.2 cm³/mol. The summed E-state index contributed by atoms with van der Waals surface area (Å²) in [6.45, 7) is 8.68. The number of nitrogens with zero attached hydrogens (tertiary/aromatic N) is 1. The molecule has 0 aromatic heterocycles. The molecule has 1 unspecified atom stereocenters. The molecule has 16 heavy (non-hydrogen) atoms. The van der Waals surface area contributed by atoms with Gasteiger partial charge in [-0.1, -0.05) is 52.4 Å². The van der Waals surface area contributed by atoms with E-state index in [1.807, 2.05) is 0 Å². The molecule has 0 bridgehead atoms. The van der Waals surface area contributed by atoms with Crippen LogP contribution in [0.2, 0.25) is 0 Å². The fraction of sp³-hybridized carbons (Fsp3) is 0.933. The van der Waals surface area contributed by atoms with Crippen molar-refractivity contribution in [1.82, 2.24) is 0 Å². The highest BCUT2D eigenvalue weighted by Gasteiger charge is 2.28. The number of nitriles is 1. The van der Waals surface area contributed by atoms with E-state index in [1.54, 1.807) is 0 Å². The summed E-state index contributed by atoms with van der Waals surface area (Å²) in [5.74, 6) is 0.592. The molecule has 0 heterocycles. The summed E-state index contributed by atoms with van der Waals surface area (Å²) in [6.07, 6.45) is 10.2. The summed E-state index contributed by atoms with van der Waals surface area (Å²) in [4.78, 5) is 0. The molecule has 0 aliphatic rings. The van der Waals surface area contributed by atoms with Crippen molar-refractivity contribution in [3.8, 4) is 6.07 Å². The van der Waals surface area contributed by atoms with Crippen LogP contribution in [0.3, 0.4) is 0 Å². The van der Waals surface area contributed by atoms with Crippen molar-refractivity contribution < 1.29 is 0 Å². The summed E-state index contributed by atoms with van der Waals surface area (Å²) < 4.78 is 0. The van der Waals surface area contributed by atoms with Gasteiger partial charge in [0.25, 0.3) is 0 Å². The molecule has 0 N–H and O–H groups in total. The van der Waals surface area contributed by atoms with Gasteiger partial charge < -0.3 is 0 Å². The van der Waals surface area contributed by atoms with E-state index in [-0.39, 0.29) is 5.41 Å². The SMILES string of the molecule is CCCCCCC(CCCC)C(C)(C)C#N. The molecule has 0 rings (SSSR count). The van der Waals surface area contributed by atoms with Crippen molar-refractivity contribution >= 4 is 0 Å². The maximum absolute atomic E-state index is 9.22. The minimum Gasteiger partial charge on any atom is -0.198 e. The van der Waals surface area contributed by atoms with E-state index in [0.717, 1.165) is 0 Å². The van der Waals surface area contributed by atoms with Crippen LogP contribution in [0.15, 0.2) is 0 Å². The Morgan fingerprint density at radius 1 is 0.938 bits per heavy atom. The van der Waals surface area contributed by atoms with E-state index in [2.05, 4.69) is 33.8 Å². The molecule has 0 aliphatic carbocycles. The standard InChI is InChI=1S/C15H29N/c1-5-7-9-10-12-14(11-8-6-2)15(3,4)13-16/h14H,5-12H2,1-4H3. The highest BCUT2D eigenvalue weighted by Crippen LogP contribution is 2.34. The summed E-state index contributed by atoms with van der Waals surface area (Å²) in [5, 5.41) is 9.22. The van der Waals surface area contributed by atoms with Crippen LogP contribution in [0.25, 0.3) is 0 Å². The van der Waals surface area contributed by atoms with Crippen LogP contribution in [0, 0.1) is 22.7 Å². The molecule has 0 spiro atoms. The third-order valence-corrected chi connectivity index (χ3v) is 3.62. The van der Waals surface area contributed by atoms with Crippen molar-refractivity contribution in [3.63, 3.8) is 0 Å². The number of unbranched alkanes of at least 4 members (excludes halogenated alkanes) is 4. The van der Waals surface area contributed by atoms with E-state index in [0.29, 0.717) is 5.92 Å². The first kappa shape index (κ1) is 15.5. The second-order valence-electron chi connectivity index (χ2n) is 5.52. The van der Waals surface area contributed by atoms with Crippen molar-refractivity contribution in [3.05, 3.63) is 0 Å². The van der Waals surface area contributed by atoms with Gasteiger partial charge in [-0.05, 0) is 32.6 Å². The maximum Gasteiger partial charge on any atom is 0.0686 e. The molecular weight excluding hydrogens is 194 g/mol. The van der Waals surface area contributed by atoms with Crippen LogP contribution < -0.4 is 0 Å². The zero-order valence-electron chi connectivity index (χ0n) is 11.7. The maximum atomic E-state index is 9.22. The molecule has 0 fully saturated rings. The number of rotatable bonds is 9. The lowest BCUT2D eigenvalue weighted by Gasteiger charge is -2.28. The minimum absolute atomic E-state index is 0.138. The Bertz CT molecular complexity index is 200. The Kier molecular flexibility index (Phi) is 8.35. The minimum atomic E-state index is -0.138. The molecule has 1 heteroatoms. The van der Waals surface area contributed by atoms with Crippen LogP contribution >= 0.6 is 0 Å². The van der Waals surface area contributed by atoms with Crippen molar-refractivity contribution in [1.29, 1.82) is 5.26 Å². The third-order valence-electron chi connectivity index (χ3n) is 3.62. The molecule has 1 nitrogen and oxygen atoms in total. The van der Waals surface area contributed by atoms with Gasteiger partial charge in [0.1, 0.15) is 0 Å². The number of hydrogen-bond donors (Lipinski definition) is 0. The topological polar surface area (TPSA) is 23.8 Å². The Labute approximate surface area is 102 Å². The van der Waals surface area contributed by atoms with E-state index >= 15 is 0 Å². The van der Waals surface area contributed by atoms with E-state index in [9.17, 15) is 5.26 Å². The van der Waals surface area contributed by atoms with Gasteiger partial charge in [0, 0.05) is 0 Å². The lowest BCUT2D eigenvalue weighted by Crippen LogP contribution is -2.22. The molecule has 0 saturated heterocycles. The second kappa shape index (κ2) is 8.62. The Morgan fingerprint density at radius 2 is 1.50 bits per heavy atom. The van der Waals surface area contributed by atoms with Gasteiger partial charge in [0.05, 0.1) is 11.5 Å². The van der Waals surface area contributed by atoms with Crippen molar-refractivity contribution in [2.75, 3.05) is 0 Å². The summed E-state index contributed by atoms with van der Waals surface area (Å²) >= 11 is 0. The molecule has 0 aromatic carbocycles. The fourth-order valence-corrected chi connectivity index (χ4v) is 2.23. The molecule has 0 aromatic rings. The average molecular weight is 223 g/mol. The molecule has 0 aliphatic heterocycles. The molecular formula is C15H29N. The quantitative estimate of drug-likeness (QED) is 0.486. The van der Waals surface area contributed by atoms with Crippen LogP contribution in [-0.4, -0.2) is 0 Å². The van der Waals surface area contributed by atoms with Gasteiger partial charge in [-0.15, -0.1) is 0 Å². The van der Waals surface area contributed by atoms with Gasteiger partial charge in [-0.3, -0.25) is 0 Å². The number of hydrogen-bond acceptors (Lipinski definition) is 1. The highest BCUT2D eigenvalue weighted by atomic mass is 14.4. The fourth-order valence-electron chi connectivity index (χ4n) is 2.23. The summed E-state index contributed by atoms with van der Waals surface area (Å²) in [7, 11) is 0. The monoisotopic (exact) mass is 223 g/mol. The van der Waals surface area contributed by atoms with Gasteiger partial charge >= 0.3 is 0 Å². The van der Waals surface area contributed by atoms with Gasteiger partial charge in [-0.2, -0.15) is 5.26 Å². The van der Waals surface area contributed by atoms with Crippen LogP contribution in [-0.2, 0) is 0 Å². The Balaban J connectivity index is 4.06. The first-order valence-electron chi connectivity index (χ1n) is 6.99. The predicted octanol–water partition coefficient (Wildman–Crippen LogP) is 5.31. The lowest BCUT2D eigenvalue weighted by molar-refractivity contribution is 0.245. The van der Waals surface area contributed by atoms with Crippen LogP contribution in [0.1, 0.15) is 79.1 Å². The molecule has 1 atom stereocenters. The second-order valence-corrected chi connectivity index (χ2v) is 5.52. The Hall–Kier alpha value is -0.510. The Morgan fingerprint density at radius 3 is 2.00 bits per heavy atom. The summed E-state index contributed by atoms with van der Waals surface area (Å²) in [6, 6.07) is 2.49. The molecule has 0 amide bonds. The van der Waals surface area contributed by atoms with Crippen molar-refractivity contribution in [2.45, 2.75) is 79.1 Å². The summed E-state index contributed by atoms with van der Waals surface area (Å²) in [5.41, 5.74) is -0.138. The molecule has 0 saturated carbocycles. The van der Waals surface area contributed by atoms with Crippen molar-refractivity contribution in [2.24, 2.45) is 11.3 Å². The zero-order valence-corrected chi connectivity index (χ0v) is 11.7. The van der Waals surface area contributed by atoms with Gasteiger partial charge in [-0.25, -0.2) is 0 Å². The molecule has 0 radical (unpaired) electrons.